The molecule has 19 heavy (non-hydrogen) atoms. The van der Waals surface area contributed by atoms with E-state index in [-0.39, 0.29) is 0 Å². The van der Waals surface area contributed by atoms with Crippen LogP contribution < -0.4 is 5.32 Å². The van der Waals surface area contributed by atoms with Crippen LogP contribution in [-0.2, 0) is 13.1 Å². The largest absolute Gasteiger partial charge is 0.310 e. The Bertz CT molecular complexity index is 395. The lowest BCUT2D eigenvalue weighted by atomic mass is 10.1. The molecule has 2 fully saturated rings. The molecule has 0 radical (unpaired) electrons. The van der Waals surface area contributed by atoms with Gasteiger partial charge in [0.05, 0.1) is 0 Å². The fraction of sp³-hybridized carbons (Fsp3) is 0.625. The highest BCUT2D eigenvalue weighted by molar-refractivity contribution is 7.99. The summed E-state index contributed by atoms with van der Waals surface area (Å²) in [5, 5.41) is 3.64. The summed E-state index contributed by atoms with van der Waals surface area (Å²) in [5.41, 5.74) is 3.01. The van der Waals surface area contributed by atoms with Crippen molar-refractivity contribution in [2.75, 3.05) is 24.6 Å². The molecule has 0 amide bonds. The van der Waals surface area contributed by atoms with E-state index in [9.17, 15) is 0 Å². The van der Waals surface area contributed by atoms with Gasteiger partial charge in [-0.25, -0.2) is 0 Å². The second kappa shape index (κ2) is 6.78. The third kappa shape index (κ3) is 4.23. The minimum absolute atomic E-state index is 0.794. The number of thioether (sulfide) groups is 1. The van der Waals surface area contributed by atoms with Crippen LogP contribution in [-0.4, -0.2) is 35.5 Å². The first kappa shape index (κ1) is 13.5. The van der Waals surface area contributed by atoms with Crippen molar-refractivity contribution in [3.05, 3.63) is 35.4 Å². The third-order valence-electron chi connectivity index (χ3n) is 3.99. The molecule has 104 valence electrons. The van der Waals surface area contributed by atoms with E-state index in [4.69, 9.17) is 0 Å². The Morgan fingerprint density at radius 3 is 2.79 bits per heavy atom. The zero-order valence-corrected chi connectivity index (χ0v) is 12.4. The molecule has 0 spiro atoms. The monoisotopic (exact) mass is 276 g/mol. The maximum Gasteiger partial charge on any atom is 0.0237 e. The second-order valence-corrected chi connectivity index (χ2v) is 6.89. The second-order valence-electron chi connectivity index (χ2n) is 5.67. The van der Waals surface area contributed by atoms with Gasteiger partial charge in [-0.05, 0) is 42.7 Å². The fourth-order valence-corrected chi connectivity index (χ4v) is 3.55. The maximum absolute atomic E-state index is 3.64. The first-order chi connectivity index (χ1) is 9.42. The van der Waals surface area contributed by atoms with Crippen LogP contribution in [0.25, 0.3) is 0 Å². The highest BCUT2D eigenvalue weighted by Crippen LogP contribution is 2.21. The molecule has 0 atom stereocenters. The van der Waals surface area contributed by atoms with Gasteiger partial charge in [-0.3, -0.25) is 4.90 Å². The Morgan fingerprint density at radius 1 is 1.11 bits per heavy atom. The molecule has 1 heterocycles. The number of nitrogens with one attached hydrogen (secondary N) is 1. The maximum atomic E-state index is 3.64. The molecular weight excluding hydrogens is 252 g/mol. The molecular formula is C16H24N2S. The van der Waals surface area contributed by atoms with E-state index in [0.29, 0.717) is 0 Å². The Balaban J connectivity index is 1.61. The fourth-order valence-electron chi connectivity index (χ4n) is 2.62. The van der Waals surface area contributed by atoms with Gasteiger partial charge in [-0.1, -0.05) is 24.3 Å². The van der Waals surface area contributed by atoms with Crippen molar-refractivity contribution in [3.8, 4) is 0 Å². The third-order valence-corrected chi connectivity index (χ3v) is 5.03. The Morgan fingerprint density at radius 2 is 1.95 bits per heavy atom. The van der Waals surface area contributed by atoms with Crippen molar-refractivity contribution < 1.29 is 0 Å². The van der Waals surface area contributed by atoms with Gasteiger partial charge in [0.2, 0.25) is 0 Å². The minimum atomic E-state index is 0.794. The van der Waals surface area contributed by atoms with Crippen LogP contribution in [0.1, 0.15) is 30.4 Å². The van der Waals surface area contributed by atoms with Crippen LogP contribution in [0, 0.1) is 0 Å². The average molecular weight is 276 g/mol. The predicted octanol–water partition coefficient (Wildman–Crippen LogP) is 2.88. The highest BCUT2D eigenvalue weighted by atomic mass is 32.2. The summed E-state index contributed by atoms with van der Waals surface area (Å²) in [6, 6.07) is 9.75. The van der Waals surface area contributed by atoms with E-state index in [1.165, 1.54) is 55.0 Å². The van der Waals surface area contributed by atoms with Crippen molar-refractivity contribution >= 4 is 11.8 Å². The van der Waals surface area contributed by atoms with Crippen molar-refractivity contribution in [2.45, 2.75) is 38.4 Å². The van der Waals surface area contributed by atoms with E-state index in [2.05, 4.69) is 46.2 Å². The van der Waals surface area contributed by atoms with Crippen molar-refractivity contribution in [3.63, 3.8) is 0 Å². The summed E-state index contributed by atoms with van der Waals surface area (Å²) in [7, 11) is 0. The number of benzene rings is 1. The Kier molecular flexibility index (Phi) is 4.81. The van der Waals surface area contributed by atoms with Gasteiger partial charge in [-0.2, -0.15) is 11.8 Å². The van der Waals surface area contributed by atoms with Gasteiger partial charge in [-0.15, -0.1) is 0 Å². The lowest BCUT2D eigenvalue weighted by Crippen LogP contribution is -2.26. The smallest absolute Gasteiger partial charge is 0.0237 e. The number of hydrogen-bond acceptors (Lipinski definition) is 3. The van der Waals surface area contributed by atoms with Crippen LogP contribution >= 0.6 is 11.8 Å². The molecule has 1 saturated carbocycles. The topological polar surface area (TPSA) is 15.3 Å². The summed E-state index contributed by atoms with van der Waals surface area (Å²) in [4.78, 5) is 2.62. The molecule has 1 aromatic rings. The summed E-state index contributed by atoms with van der Waals surface area (Å²) in [5.74, 6) is 2.63. The standard InChI is InChI=1S/C16H24N2S/c1-2-5-15(13-18-8-3-10-19-11-9-18)14(4-1)12-17-16-6-7-16/h1-2,4-5,16-17H,3,6-13H2. The van der Waals surface area contributed by atoms with Crippen molar-refractivity contribution in [1.29, 1.82) is 0 Å². The molecule has 0 bridgehead atoms. The SMILES string of the molecule is c1ccc(CN2CCCSCC2)c(CNC2CC2)c1. The average Bonchev–Trinajstić information content (AvgIpc) is 3.25. The molecule has 1 saturated heterocycles. The van der Waals surface area contributed by atoms with Gasteiger partial charge < -0.3 is 5.32 Å². The van der Waals surface area contributed by atoms with Gasteiger partial charge >= 0.3 is 0 Å². The lowest BCUT2D eigenvalue weighted by Gasteiger charge is -2.21. The first-order valence-electron chi connectivity index (χ1n) is 7.52. The quantitative estimate of drug-likeness (QED) is 0.890. The highest BCUT2D eigenvalue weighted by Gasteiger charge is 2.20. The summed E-state index contributed by atoms with van der Waals surface area (Å²) in [6.45, 7) is 4.68. The number of nitrogens with zero attached hydrogens (tertiary/aromatic N) is 1. The van der Waals surface area contributed by atoms with Crippen molar-refractivity contribution in [1.82, 2.24) is 10.2 Å². The number of hydrogen-bond donors (Lipinski definition) is 1. The number of rotatable bonds is 5. The van der Waals surface area contributed by atoms with E-state index >= 15 is 0 Å². The van der Waals surface area contributed by atoms with E-state index in [1.54, 1.807) is 0 Å². The lowest BCUT2D eigenvalue weighted by molar-refractivity contribution is 0.286. The van der Waals surface area contributed by atoms with Gasteiger partial charge in [0.15, 0.2) is 0 Å². The molecule has 1 N–H and O–H groups in total. The molecule has 3 rings (SSSR count). The van der Waals surface area contributed by atoms with Crippen molar-refractivity contribution in [2.24, 2.45) is 0 Å². The van der Waals surface area contributed by atoms with E-state index in [1.807, 2.05) is 0 Å². The van der Waals surface area contributed by atoms with E-state index < -0.39 is 0 Å². The van der Waals surface area contributed by atoms with Crippen LogP contribution in [0.4, 0.5) is 0 Å². The van der Waals surface area contributed by atoms with Crippen LogP contribution in [0.3, 0.4) is 0 Å². The molecule has 0 unspecified atom stereocenters. The van der Waals surface area contributed by atoms with Crippen LogP contribution in [0.15, 0.2) is 24.3 Å². The summed E-state index contributed by atoms with van der Waals surface area (Å²) < 4.78 is 0. The first-order valence-corrected chi connectivity index (χ1v) is 8.67. The zero-order chi connectivity index (χ0) is 12.9. The zero-order valence-electron chi connectivity index (χ0n) is 11.6. The van der Waals surface area contributed by atoms with Gasteiger partial charge in [0.1, 0.15) is 0 Å². The van der Waals surface area contributed by atoms with Crippen LogP contribution in [0.2, 0.25) is 0 Å². The minimum Gasteiger partial charge on any atom is -0.310 e. The van der Waals surface area contributed by atoms with Crippen LogP contribution in [0.5, 0.6) is 0 Å². The summed E-state index contributed by atoms with van der Waals surface area (Å²) >= 11 is 2.10. The van der Waals surface area contributed by atoms with E-state index in [0.717, 1.165) is 19.1 Å². The normalized spacial score (nSPS) is 21.3. The predicted molar refractivity (Wildman–Crippen MR) is 83.5 cm³/mol. The molecule has 0 aromatic heterocycles. The molecule has 2 nitrogen and oxygen atoms in total. The molecule has 1 aliphatic carbocycles. The molecule has 1 aromatic carbocycles. The molecule has 1 aliphatic heterocycles. The Labute approximate surface area is 121 Å². The van der Waals surface area contributed by atoms with Gasteiger partial charge in [0, 0.05) is 31.4 Å². The molecule has 2 aliphatic rings. The Hall–Kier alpha value is -0.510. The summed E-state index contributed by atoms with van der Waals surface area (Å²) in [6.07, 6.45) is 4.07. The molecule has 3 heteroatoms. The van der Waals surface area contributed by atoms with Gasteiger partial charge in [0.25, 0.3) is 0 Å².